The van der Waals surface area contributed by atoms with E-state index in [1.54, 1.807) is 48.5 Å². The van der Waals surface area contributed by atoms with Gasteiger partial charge in [0.2, 0.25) is 0 Å². The number of unbranched alkanes of at least 4 members (excludes halogenated alkanes) is 1. The Bertz CT molecular complexity index is 804. The van der Waals surface area contributed by atoms with E-state index in [0.29, 0.717) is 12.8 Å². The van der Waals surface area contributed by atoms with Gasteiger partial charge in [-0.15, -0.1) is 9.24 Å². The Morgan fingerprint density at radius 2 is 0.886 bits per heavy atom. The van der Waals surface area contributed by atoms with Gasteiger partial charge in [0.15, 0.2) is 11.2 Å². The molecule has 0 aliphatic rings. The van der Waals surface area contributed by atoms with Crippen molar-refractivity contribution in [3.8, 4) is 0 Å². The van der Waals surface area contributed by atoms with Crippen LogP contribution in [0.1, 0.15) is 102 Å². The van der Waals surface area contributed by atoms with Crippen LogP contribution in [0, 0.1) is 0 Å². The molecule has 44 heavy (non-hydrogen) atoms. The molecule has 0 N–H and O–H groups in total. The zero-order chi connectivity index (χ0) is 34.1. The zero-order valence-electron chi connectivity index (χ0n) is 28.6. The highest BCUT2D eigenvalue weighted by molar-refractivity contribution is 7.17. The number of hydrogen-bond acceptors (Lipinski definition) is 12. The highest BCUT2D eigenvalue weighted by atomic mass is 31.0. The van der Waals surface area contributed by atoms with E-state index in [1.165, 1.54) is 0 Å². The van der Waals surface area contributed by atoms with Gasteiger partial charge in [-0.2, -0.15) is 0 Å². The first kappa shape index (κ1) is 42.1. The second kappa shape index (κ2) is 21.0. The van der Waals surface area contributed by atoms with E-state index in [0.717, 1.165) is 0 Å². The molecular weight excluding hydrogens is 595 g/mol. The molecule has 0 radical (unpaired) electrons. The average Bonchev–Trinajstić information content (AvgIpc) is 2.89. The van der Waals surface area contributed by atoms with Crippen molar-refractivity contribution in [1.29, 1.82) is 0 Å². The third-order valence-corrected chi connectivity index (χ3v) is 5.95. The molecule has 0 heterocycles. The van der Waals surface area contributed by atoms with Crippen LogP contribution in [0.2, 0.25) is 0 Å². The molecule has 0 aromatic rings. The fourth-order valence-corrected chi connectivity index (χ4v) is 4.19. The maximum Gasteiger partial charge on any atom is 0.337 e. The molecular formula is C31H57O12P. The van der Waals surface area contributed by atoms with Crippen molar-refractivity contribution in [2.45, 2.75) is 149 Å². The van der Waals surface area contributed by atoms with E-state index in [9.17, 15) is 19.2 Å². The molecule has 0 saturated heterocycles. The van der Waals surface area contributed by atoms with Crippen molar-refractivity contribution in [3.05, 3.63) is 0 Å². The molecule has 0 amide bonds. The van der Waals surface area contributed by atoms with Gasteiger partial charge in [-0.3, -0.25) is 9.59 Å². The summed E-state index contributed by atoms with van der Waals surface area (Å²) in [7, 11) is 2.51. The van der Waals surface area contributed by atoms with Gasteiger partial charge in [-0.25, -0.2) is 9.59 Å². The molecule has 0 aliphatic heterocycles. The van der Waals surface area contributed by atoms with Crippen LogP contribution in [-0.2, 0) is 57.1 Å². The van der Waals surface area contributed by atoms with Gasteiger partial charge >= 0.3 is 23.9 Å². The Morgan fingerprint density at radius 1 is 0.545 bits per heavy atom. The summed E-state index contributed by atoms with van der Waals surface area (Å²) in [5.74, 6) is -2.01. The smallest absolute Gasteiger partial charge is 0.337 e. The Morgan fingerprint density at radius 3 is 1.23 bits per heavy atom. The molecule has 6 atom stereocenters. The maximum atomic E-state index is 12.4. The Hall–Kier alpha value is -1.85. The fraction of sp³-hybridized carbons (Fsp3) is 0.871. The highest BCUT2D eigenvalue weighted by Gasteiger charge is 2.34. The van der Waals surface area contributed by atoms with Crippen molar-refractivity contribution in [3.63, 3.8) is 0 Å². The lowest BCUT2D eigenvalue weighted by molar-refractivity contribution is -0.182. The lowest BCUT2D eigenvalue weighted by Crippen LogP contribution is -2.41. The summed E-state index contributed by atoms with van der Waals surface area (Å²) in [5, 5.41) is 0. The van der Waals surface area contributed by atoms with Gasteiger partial charge in [-0.1, -0.05) is 0 Å². The van der Waals surface area contributed by atoms with Gasteiger partial charge < -0.3 is 37.9 Å². The summed E-state index contributed by atoms with van der Waals surface area (Å²) in [5.41, 5.74) is -2.46. The third-order valence-electron chi connectivity index (χ3n) is 5.79. The number of carbonyl (C=O) groups excluding carboxylic acids is 4. The molecule has 0 rings (SSSR count). The van der Waals surface area contributed by atoms with Crippen LogP contribution in [0.25, 0.3) is 0 Å². The van der Waals surface area contributed by atoms with Crippen LogP contribution < -0.4 is 0 Å². The van der Waals surface area contributed by atoms with Gasteiger partial charge in [0.25, 0.3) is 0 Å². The predicted octanol–water partition coefficient (Wildman–Crippen LogP) is 4.53. The number of hydrogen-bond donors (Lipinski definition) is 0. The molecule has 0 bridgehead atoms. The van der Waals surface area contributed by atoms with Crippen LogP contribution in [0.4, 0.5) is 0 Å². The second-order valence-electron chi connectivity index (χ2n) is 12.3. The summed E-state index contributed by atoms with van der Waals surface area (Å²) < 4.78 is 43.7. The van der Waals surface area contributed by atoms with Crippen LogP contribution in [-0.4, -0.2) is 97.9 Å². The largest absolute Gasteiger partial charge is 0.463 e. The van der Waals surface area contributed by atoms with E-state index in [4.69, 9.17) is 37.9 Å². The van der Waals surface area contributed by atoms with Gasteiger partial charge in [-0.05, 0) is 89.0 Å². The number of esters is 4. The van der Waals surface area contributed by atoms with E-state index >= 15 is 0 Å². The van der Waals surface area contributed by atoms with Crippen molar-refractivity contribution in [2.24, 2.45) is 0 Å². The molecule has 0 saturated carbocycles. The fourth-order valence-electron chi connectivity index (χ4n) is 3.92. The molecule has 0 aromatic heterocycles. The predicted molar refractivity (Wildman–Crippen MR) is 167 cm³/mol. The molecule has 0 fully saturated rings. The Kier molecular flexibility index (Phi) is 20.2. The molecule has 258 valence electrons. The molecule has 0 aromatic carbocycles. The normalized spacial score (nSPS) is 15.6. The van der Waals surface area contributed by atoms with Crippen molar-refractivity contribution in [2.75, 3.05) is 26.4 Å². The van der Waals surface area contributed by atoms with Crippen molar-refractivity contribution >= 4 is 33.1 Å². The topological polar surface area (TPSA) is 142 Å². The van der Waals surface area contributed by atoms with Crippen LogP contribution in [0.3, 0.4) is 0 Å². The highest BCUT2D eigenvalue weighted by Crippen LogP contribution is 2.17. The number of carbonyl (C=O) groups is 4. The average molecular weight is 653 g/mol. The monoisotopic (exact) mass is 652 g/mol. The summed E-state index contributed by atoms with van der Waals surface area (Å²) >= 11 is 0. The van der Waals surface area contributed by atoms with Crippen LogP contribution in [0.15, 0.2) is 0 Å². The third kappa shape index (κ3) is 20.2. The summed E-state index contributed by atoms with van der Waals surface area (Å²) in [6, 6.07) is 0. The van der Waals surface area contributed by atoms with Gasteiger partial charge in [0.05, 0.1) is 36.4 Å². The van der Waals surface area contributed by atoms with E-state index in [-0.39, 0.29) is 63.4 Å². The number of rotatable bonds is 23. The molecule has 13 heteroatoms. The van der Waals surface area contributed by atoms with Crippen molar-refractivity contribution < 1.29 is 57.1 Å². The molecule has 12 nitrogen and oxygen atoms in total. The minimum Gasteiger partial charge on any atom is -0.463 e. The van der Waals surface area contributed by atoms with E-state index < -0.39 is 47.3 Å². The molecule has 0 spiro atoms. The van der Waals surface area contributed by atoms with E-state index in [1.807, 2.05) is 27.7 Å². The van der Waals surface area contributed by atoms with Crippen LogP contribution in [0.5, 0.6) is 0 Å². The molecule has 0 aliphatic carbocycles. The minimum atomic E-state index is -1.23. The SMILES string of the molecule is CC(C)OC(C)COC(=O)C(C)(C)OC(C)COC(=O)CCCCC(=O)OCC(C)OC(C)(C)C(=O)OCC(C)OC(C)P. The maximum absolute atomic E-state index is 12.4. The quantitative estimate of drug-likeness (QED) is 0.0663. The first-order valence-electron chi connectivity index (χ1n) is 15.3. The Balaban J connectivity index is 4.22. The van der Waals surface area contributed by atoms with Crippen molar-refractivity contribution in [1.82, 2.24) is 0 Å². The standard InChI is InChI=1S/C31H57O12P/c1-20(2)40-21(3)16-38-28(34)30(8,9)42-23(5)18-36-26(32)14-12-13-15-27(33)37-19-24(6)43-31(10,11)29(35)39-17-22(4)41-25(7)44/h20-25H,12-19,44H2,1-11H3. The first-order chi connectivity index (χ1) is 20.2. The van der Waals surface area contributed by atoms with Crippen LogP contribution >= 0.6 is 9.24 Å². The molecule has 6 unspecified atom stereocenters. The number of ether oxygens (including phenoxy) is 8. The second-order valence-corrected chi connectivity index (χ2v) is 13.2. The Labute approximate surface area is 266 Å². The van der Waals surface area contributed by atoms with Gasteiger partial charge in [0, 0.05) is 12.8 Å². The summed E-state index contributed by atoms with van der Waals surface area (Å²) in [4.78, 5) is 49.1. The van der Waals surface area contributed by atoms with Gasteiger partial charge in [0.1, 0.15) is 26.4 Å². The zero-order valence-corrected chi connectivity index (χ0v) is 29.8. The summed E-state index contributed by atoms with van der Waals surface area (Å²) in [6.45, 7) is 19.2. The lowest BCUT2D eigenvalue weighted by atomic mass is 10.1. The minimum absolute atomic E-state index is 0.0214. The first-order valence-corrected chi connectivity index (χ1v) is 16.0. The lowest BCUT2D eigenvalue weighted by Gasteiger charge is -2.28. The van der Waals surface area contributed by atoms with E-state index in [2.05, 4.69) is 9.24 Å². The summed E-state index contributed by atoms with van der Waals surface area (Å²) in [6.07, 6.45) is -0.475.